The van der Waals surface area contributed by atoms with E-state index in [4.69, 9.17) is 4.74 Å². The lowest BCUT2D eigenvalue weighted by Crippen LogP contribution is -2.06. The highest BCUT2D eigenvalue weighted by molar-refractivity contribution is 5.04. The van der Waals surface area contributed by atoms with E-state index < -0.39 is 0 Å². The van der Waals surface area contributed by atoms with Gasteiger partial charge in [-0.1, -0.05) is 12.2 Å². The summed E-state index contributed by atoms with van der Waals surface area (Å²) in [7, 11) is 3.45. The first-order valence-corrected chi connectivity index (χ1v) is 2.90. The fourth-order valence-corrected chi connectivity index (χ4v) is 0.437. The van der Waals surface area contributed by atoms with Gasteiger partial charge in [0.25, 0.3) is 0 Å². The van der Waals surface area contributed by atoms with Gasteiger partial charge in [0.1, 0.15) is 0 Å². The summed E-state index contributed by atoms with van der Waals surface area (Å²) in [5.74, 6) is 0.771. The molecular formula is C7H13NO. The zero-order valence-electron chi connectivity index (χ0n) is 6.14. The molecule has 0 rings (SSSR count). The van der Waals surface area contributed by atoms with Gasteiger partial charge in [0.2, 0.25) is 0 Å². The van der Waals surface area contributed by atoms with E-state index in [0.29, 0.717) is 0 Å². The number of ether oxygens (including phenoxy) is 1. The molecule has 0 aromatic rings. The Hall–Kier alpha value is -0.920. The van der Waals surface area contributed by atoms with Crippen LogP contribution in [0.25, 0.3) is 0 Å². The van der Waals surface area contributed by atoms with Crippen molar-refractivity contribution in [2.24, 2.45) is 0 Å². The largest absolute Gasteiger partial charge is 0.483 e. The quantitative estimate of drug-likeness (QED) is 0.455. The average Bonchev–Trinajstić information content (AvgIpc) is 1.91. The van der Waals surface area contributed by atoms with Crippen LogP contribution in [0.1, 0.15) is 6.92 Å². The standard InChI is InChI=1S/C7H13NO/c1-4-5-6-7(8-2)9-3/h4-6,8H,1-3H3/b5-4-,7-6+. The van der Waals surface area contributed by atoms with Crippen molar-refractivity contribution in [1.29, 1.82) is 0 Å². The molecule has 9 heavy (non-hydrogen) atoms. The van der Waals surface area contributed by atoms with Crippen LogP contribution >= 0.6 is 0 Å². The Balaban J connectivity index is 3.75. The minimum atomic E-state index is 0.771. The van der Waals surface area contributed by atoms with Crippen LogP contribution in [0.2, 0.25) is 0 Å². The second kappa shape index (κ2) is 5.22. The predicted octanol–water partition coefficient (Wildman–Crippen LogP) is 1.27. The lowest BCUT2D eigenvalue weighted by molar-refractivity contribution is 0.268. The first-order valence-electron chi connectivity index (χ1n) is 2.90. The molecule has 0 saturated heterocycles. The first kappa shape index (κ1) is 8.08. The van der Waals surface area contributed by atoms with Crippen LogP contribution in [0.3, 0.4) is 0 Å². The number of hydrogen-bond donors (Lipinski definition) is 1. The molecular weight excluding hydrogens is 114 g/mol. The SMILES string of the molecule is C/C=C\C=C(/NC)OC. The van der Waals surface area contributed by atoms with Gasteiger partial charge < -0.3 is 10.1 Å². The molecule has 1 N–H and O–H groups in total. The van der Waals surface area contributed by atoms with Crippen molar-refractivity contribution in [1.82, 2.24) is 5.32 Å². The highest BCUT2D eigenvalue weighted by Gasteiger charge is 1.82. The number of rotatable bonds is 3. The maximum absolute atomic E-state index is 4.90. The summed E-state index contributed by atoms with van der Waals surface area (Å²) in [5, 5.41) is 2.87. The molecule has 2 nitrogen and oxygen atoms in total. The lowest BCUT2D eigenvalue weighted by atomic mass is 10.5. The van der Waals surface area contributed by atoms with Crippen molar-refractivity contribution in [2.75, 3.05) is 14.2 Å². The third kappa shape index (κ3) is 3.64. The van der Waals surface area contributed by atoms with Crippen LogP contribution in [0, 0.1) is 0 Å². The fourth-order valence-electron chi connectivity index (χ4n) is 0.437. The summed E-state index contributed by atoms with van der Waals surface area (Å²) in [4.78, 5) is 0. The molecule has 0 aromatic carbocycles. The van der Waals surface area contributed by atoms with Gasteiger partial charge in [-0.15, -0.1) is 0 Å². The van der Waals surface area contributed by atoms with E-state index >= 15 is 0 Å². The van der Waals surface area contributed by atoms with Crippen molar-refractivity contribution >= 4 is 0 Å². The van der Waals surface area contributed by atoms with E-state index in [1.165, 1.54) is 0 Å². The molecule has 0 fully saturated rings. The van der Waals surface area contributed by atoms with Gasteiger partial charge in [0, 0.05) is 7.05 Å². The highest BCUT2D eigenvalue weighted by atomic mass is 16.5. The van der Waals surface area contributed by atoms with Gasteiger partial charge in [-0.05, 0) is 13.0 Å². The number of allylic oxidation sites excluding steroid dienone is 3. The van der Waals surface area contributed by atoms with Gasteiger partial charge in [-0.2, -0.15) is 0 Å². The average molecular weight is 127 g/mol. The van der Waals surface area contributed by atoms with Crippen molar-refractivity contribution in [3.63, 3.8) is 0 Å². The summed E-state index contributed by atoms with van der Waals surface area (Å²) in [6, 6.07) is 0. The molecule has 2 heteroatoms. The van der Waals surface area contributed by atoms with Crippen LogP contribution in [-0.4, -0.2) is 14.2 Å². The van der Waals surface area contributed by atoms with Gasteiger partial charge in [0.05, 0.1) is 7.11 Å². The Labute approximate surface area is 56.2 Å². The zero-order chi connectivity index (χ0) is 7.11. The monoisotopic (exact) mass is 127 g/mol. The molecule has 0 saturated carbocycles. The topological polar surface area (TPSA) is 21.3 Å². The molecule has 0 aromatic heterocycles. The van der Waals surface area contributed by atoms with Crippen LogP contribution in [0.15, 0.2) is 24.1 Å². The van der Waals surface area contributed by atoms with Crippen molar-refractivity contribution in [3.05, 3.63) is 24.1 Å². The molecule has 0 radical (unpaired) electrons. The lowest BCUT2D eigenvalue weighted by Gasteiger charge is -2.01. The molecule has 0 atom stereocenters. The van der Waals surface area contributed by atoms with E-state index in [9.17, 15) is 0 Å². The maximum atomic E-state index is 4.90. The Morgan fingerprint density at radius 3 is 2.56 bits per heavy atom. The molecule has 0 bridgehead atoms. The van der Waals surface area contributed by atoms with Gasteiger partial charge in [0.15, 0.2) is 5.88 Å². The minimum Gasteiger partial charge on any atom is -0.483 e. The van der Waals surface area contributed by atoms with Crippen LogP contribution < -0.4 is 5.32 Å². The van der Waals surface area contributed by atoms with Gasteiger partial charge in [-0.25, -0.2) is 0 Å². The second-order valence-electron chi connectivity index (χ2n) is 1.51. The van der Waals surface area contributed by atoms with Crippen LogP contribution in [-0.2, 0) is 4.74 Å². The summed E-state index contributed by atoms with van der Waals surface area (Å²) in [6.45, 7) is 1.96. The smallest absolute Gasteiger partial charge is 0.186 e. The van der Waals surface area contributed by atoms with Crippen molar-refractivity contribution in [2.45, 2.75) is 6.92 Å². The summed E-state index contributed by atoms with van der Waals surface area (Å²) in [5.41, 5.74) is 0. The van der Waals surface area contributed by atoms with Gasteiger partial charge in [-0.3, -0.25) is 0 Å². The first-order chi connectivity index (χ1) is 4.35. The zero-order valence-corrected chi connectivity index (χ0v) is 6.14. The molecule has 0 spiro atoms. The molecule has 0 heterocycles. The predicted molar refractivity (Wildman–Crippen MR) is 39.0 cm³/mol. The normalized spacial score (nSPS) is 12.1. The third-order valence-electron chi connectivity index (χ3n) is 0.906. The van der Waals surface area contributed by atoms with Crippen molar-refractivity contribution < 1.29 is 4.74 Å². The number of nitrogens with one attached hydrogen (secondary N) is 1. The Bertz CT molecular complexity index is 110. The molecule has 0 unspecified atom stereocenters. The molecule has 0 amide bonds. The van der Waals surface area contributed by atoms with Crippen LogP contribution in [0.4, 0.5) is 0 Å². The number of methoxy groups -OCH3 is 1. The fraction of sp³-hybridized carbons (Fsp3) is 0.429. The second-order valence-corrected chi connectivity index (χ2v) is 1.51. The van der Waals surface area contributed by atoms with E-state index in [-0.39, 0.29) is 0 Å². The summed E-state index contributed by atoms with van der Waals surface area (Å²) >= 11 is 0. The molecule has 0 aliphatic rings. The summed E-state index contributed by atoms with van der Waals surface area (Å²) in [6.07, 6.45) is 5.71. The minimum absolute atomic E-state index is 0.771. The number of hydrogen-bond acceptors (Lipinski definition) is 2. The van der Waals surface area contributed by atoms with Gasteiger partial charge >= 0.3 is 0 Å². The van der Waals surface area contributed by atoms with E-state index in [1.54, 1.807) is 7.11 Å². The third-order valence-corrected chi connectivity index (χ3v) is 0.906. The molecule has 0 aliphatic carbocycles. The summed E-state index contributed by atoms with van der Waals surface area (Å²) < 4.78 is 4.90. The Morgan fingerprint density at radius 1 is 1.56 bits per heavy atom. The van der Waals surface area contributed by atoms with E-state index in [1.807, 2.05) is 32.2 Å². The molecule has 0 aliphatic heterocycles. The maximum Gasteiger partial charge on any atom is 0.186 e. The Morgan fingerprint density at radius 2 is 2.22 bits per heavy atom. The highest BCUT2D eigenvalue weighted by Crippen LogP contribution is 1.87. The van der Waals surface area contributed by atoms with E-state index in [2.05, 4.69) is 5.32 Å². The molecule has 52 valence electrons. The van der Waals surface area contributed by atoms with Crippen molar-refractivity contribution in [3.8, 4) is 0 Å². The van der Waals surface area contributed by atoms with Crippen LogP contribution in [0.5, 0.6) is 0 Å². The Kier molecular flexibility index (Phi) is 4.69. The van der Waals surface area contributed by atoms with E-state index in [0.717, 1.165) is 5.88 Å².